The molecule has 0 saturated carbocycles. The molecule has 2 aromatic rings. The third-order valence-electron chi connectivity index (χ3n) is 3.02. The van der Waals surface area contributed by atoms with E-state index in [1.54, 1.807) is 0 Å². The number of nitrogens with one attached hydrogen (secondary N) is 2. The Morgan fingerprint density at radius 2 is 1.75 bits per heavy atom. The van der Waals surface area contributed by atoms with Crippen molar-refractivity contribution in [3.63, 3.8) is 0 Å². The SMILES string of the molecule is C[C@H](NC(=S)NCc1ccccc1)c1ccccc1Cl. The van der Waals surface area contributed by atoms with Crippen LogP contribution in [0.1, 0.15) is 24.1 Å². The molecule has 0 aromatic heterocycles. The van der Waals surface area contributed by atoms with Gasteiger partial charge >= 0.3 is 0 Å². The average molecular weight is 305 g/mol. The summed E-state index contributed by atoms with van der Waals surface area (Å²) in [4.78, 5) is 0. The number of hydrogen-bond acceptors (Lipinski definition) is 1. The quantitative estimate of drug-likeness (QED) is 0.833. The zero-order valence-corrected chi connectivity index (χ0v) is 12.8. The van der Waals surface area contributed by atoms with E-state index in [2.05, 4.69) is 22.8 Å². The Hall–Kier alpha value is -1.58. The molecule has 2 N–H and O–H groups in total. The monoisotopic (exact) mass is 304 g/mol. The van der Waals surface area contributed by atoms with Crippen molar-refractivity contribution < 1.29 is 0 Å². The minimum Gasteiger partial charge on any atom is -0.359 e. The van der Waals surface area contributed by atoms with Gasteiger partial charge in [-0.3, -0.25) is 0 Å². The van der Waals surface area contributed by atoms with Crippen molar-refractivity contribution >= 4 is 28.9 Å². The highest BCUT2D eigenvalue weighted by atomic mass is 35.5. The fourth-order valence-electron chi connectivity index (χ4n) is 1.93. The van der Waals surface area contributed by atoms with Crippen LogP contribution in [0.5, 0.6) is 0 Å². The number of rotatable bonds is 4. The Kier molecular flexibility index (Phi) is 5.39. The molecule has 0 amide bonds. The number of benzene rings is 2. The van der Waals surface area contributed by atoms with Crippen molar-refractivity contribution in [2.24, 2.45) is 0 Å². The van der Waals surface area contributed by atoms with Gasteiger partial charge in [-0.25, -0.2) is 0 Å². The third kappa shape index (κ3) is 4.22. The number of hydrogen-bond donors (Lipinski definition) is 2. The zero-order chi connectivity index (χ0) is 14.4. The molecular formula is C16H17ClN2S. The van der Waals surface area contributed by atoms with E-state index in [0.29, 0.717) is 11.7 Å². The lowest BCUT2D eigenvalue weighted by atomic mass is 10.1. The molecule has 4 heteroatoms. The van der Waals surface area contributed by atoms with E-state index in [1.165, 1.54) is 5.56 Å². The Balaban J connectivity index is 1.87. The largest absolute Gasteiger partial charge is 0.359 e. The molecule has 104 valence electrons. The summed E-state index contributed by atoms with van der Waals surface area (Å²) in [5.41, 5.74) is 2.24. The van der Waals surface area contributed by atoms with Gasteiger partial charge in [0.25, 0.3) is 0 Å². The van der Waals surface area contributed by atoms with Gasteiger partial charge in [-0.05, 0) is 36.3 Å². The molecule has 0 aliphatic heterocycles. The van der Waals surface area contributed by atoms with Crippen LogP contribution in [-0.2, 0) is 6.54 Å². The van der Waals surface area contributed by atoms with E-state index >= 15 is 0 Å². The van der Waals surface area contributed by atoms with Crippen LogP contribution in [0.3, 0.4) is 0 Å². The van der Waals surface area contributed by atoms with E-state index < -0.39 is 0 Å². The van der Waals surface area contributed by atoms with Gasteiger partial charge in [0, 0.05) is 11.6 Å². The van der Waals surface area contributed by atoms with Crippen LogP contribution in [-0.4, -0.2) is 5.11 Å². The second kappa shape index (κ2) is 7.27. The molecule has 0 radical (unpaired) electrons. The van der Waals surface area contributed by atoms with Crippen molar-refractivity contribution in [2.45, 2.75) is 19.5 Å². The third-order valence-corrected chi connectivity index (χ3v) is 3.62. The molecule has 0 spiro atoms. The van der Waals surface area contributed by atoms with E-state index in [0.717, 1.165) is 10.6 Å². The predicted octanol–water partition coefficient (Wildman–Crippen LogP) is 4.07. The van der Waals surface area contributed by atoms with Crippen LogP contribution in [0.2, 0.25) is 5.02 Å². The highest BCUT2D eigenvalue weighted by molar-refractivity contribution is 7.80. The Labute approximate surface area is 130 Å². The summed E-state index contributed by atoms with van der Waals surface area (Å²) < 4.78 is 0. The number of halogens is 1. The average Bonchev–Trinajstić information content (AvgIpc) is 2.46. The van der Waals surface area contributed by atoms with Gasteiger partial charge < -0.3 is 10.6 Å². The second-order valence-electron chi connectivity index (χ2n) is 4.56. The van der Waals surface area contributed by atoms with E-state index in [4.69, 9.17) is 23.8 Å². The standard InChI is InChI=1S/C16H17ClN2S/c1-12(14-9-5-6-10-15(14)17)19-16(20)18-11-13-7-3-2-4-8-13/h2-10,12H,11H2,1H3,(H2,18,19,20)/t12-/m0/s1. The van der Waals surface area contributed by atoms with E-state index in [-0.39, 0.29) is 6.04 Å². The molecule has 2 rings (SSSR count). The Morgan fingerprint density at radius 3 is 2.45 bits per heavy atom. The van der Waals surface area contributed by atoms with Crippen LogP contribution in [0.4, 0.5) is 0 Å². The van der Waals surface area contributed by atoms with Crippen molar-refractivity contribution in [2.75, 3.05) is 0 Å². The molecular weight excluding hydrogens is 288 g/mol. The molecule has 2 aromatic carbocycles. The molecule has 1 atom stereocenters. The lowest BCUT2D eigenvalue weighted by Crippen LogP contribution is -2.36. The van der Waals surface area contributed by atoms with Gasteiger partial charge in [0.15, 0.2) is 5.11 Å². The lowest BCUT2D eigenvalue weighted by molar-refractivity contribution is 0.698. The van der Waals surface area contributed by atoms with Gasteiger partial charge in [-0.15, -0.1) is 0 Å². The molecule has 0 saturated heterocycles. The summed E-state index contributed by atoms with van der Waals surface area (Å²) in [7, 11) is 0. The first-order valence-electron chi connectivity index (χ1n) is 6.49. The smallest absolute Gasteiger partial charge is 0.167 e. The maximum atomic E-state index is 6.17. The van der Waals surface area contributed by atoms with Crippen molar-refractivity contribution in [3.8, 4) is 0 Å². The summed E-state index contributed by atoms with van der Waals surface area (Å²) >= 11 is 11.5. The van der Waals surface area contributed by atoms with Gasteiger partial charge in [0.2, 0.25) is 0 Å². The van der Waals surface area contributed by atoms with E-state index in [9.17, 15) is 0 Å². The molecule has 2 nitrogen and oxygen atoms in total. The maximum Gasteiger partial charge on any atom is 0.167 e. The van der Waals surface area contributed by atoms with Gasteiger partial charge in [-0.2, -0.15) is 0 Å². The van der Waals surface area contributed by atoms with Crippen molar-refractivity contribution in [1.82, 2.24) is 10.6 Å². The first-order chi connectivity index (χ1) is 9.66. The van der Waals surface area contributed by atoms with Crippen LogP contribution in [0.25, 0.3) is 0 Å². The van der Waals surface area contributed by atoms with Gasteiger partial charge in [0.1, 0.15) is 0 Å². The normalized spacial score (nSPS) is 11.7. The van der Waals surface area contributed by atoms with Crippen molar-refractivity contribution in [1.29, 1.82) is 0 Å². The molecule has 0 aliphatic rings. The summed E-state index contributed by atoms with van der Waals surface area (Å²) in [6, 6.07) is 18.0. The summed E-state index contributed by atoms with van der Waals surface area (Å²) in [6.07, 6.45) is 0. The second-order valence-corrected chi connectivity index (χ2v) is 5.37. The zero-order valence-electron chi connectivity index (χ0n) is 11.3. The molecule has 0 bridgehead atoms. The van der Waals surface area contributed by atoms with Gasteiger partial charge in [0.05, 0.1) is 6.04 Å². The van der Waals surface area contributed by atoms with Crippen molar-refractivity contribution in [3.05, 3.63) is 70.7 Å². The Morgan fingerprint density at radius 1 is 1.10 bits per heavy atom. The molecule has 0 heterocycles. The molecule has 20 heavy (non-hydrogen) atoms. The first-order valence-corrected chi connectivity index (χ1v) is 7.28. The lowest BCUT2D eigenvalue weighted by Gasteiger charge is -2.18. The number of thiocarbonyl (C=S) groups is 1. The van der Waals surface area contributed by atoms with Gasteiger partial charge in [-0.1, -0.05) is 60.1 Å². The van der Waals surface area contributed by atoms with E-state index in [1.807, 2.05) is 49.4 Å². The summed E-state index contributed by atoms with van der Waals surface area (Å²) in [5.74, 6) is 0. The highest BCUT2D eigenvalue weighted by Crippen LogP contribution is 2.21. The van der Waals surface area contributed by atoms with Crippen LogP contribution in [0, 0.1) is 0 Å². The molecule has 0 fully saturated rings. The molecule has 0 aliphatic carbocycles. The van der Waals surface area contributed by atoms with Crippen LogP contribution >= 0.6 is 23.8 Å². The minimum atomic E-state index is 0.0690. The van der Waals surface area contributed by atoms with Crippen LogP contribution < -0.4 is 10.6 Å². The predicted molar refractivity (Wildman–Crippen MR) is 88.9 cm³/mol. The first kappa shape index (κ1) is 14.8. The minimum absolute atomic E-state index is 0.0690. The fourth-order valence-corrected chi connectivity index (χ4v) is 2.48. The maximum absolute atomic E-state index is 6.17. The summed E-state index contributed by atoms with van der Waals surface area (Å²) in [6.45, 7) is 2.75. The van der Waals surface area contributed by atoms with Crippen LogP contribution in [0.15, 0.2) is 54.6 Å². The highest BCUT2D eigenvalue weighted by Gasteiger charge is 2.09. The molecule has 0 unspecified atom stereocenters. The Bertz CT molecular complexity index is 572. The fraction of sp³-hybridized carbons (Fsp3) is 0.188. The summed E-state index contributed by atoms with van der Waals surface area (Å²) in [5, 5.41) is 7.81. The topological polar surface area (TPSA) is 24.1 Å².